The van der Waals surface area contributed by atoms with Gasteiger partial charge in [0.2, 0.25) is 0 Å². The van der Waals surface area contributed by atoms with Crippen LogP contribution in [0.15, 0.2) is 11.6 Å². The molecule has 13 nitrogen and oxygen atoms in total. The van der Waals surface area contributed by atoms with Gasteiger partial charge in [-0.1, -0.05) is 46.3 Å². The van der Waals surface area contributed by atoms with Crippen molar-refractivity contribution >= 4 is 0 Å². The third-order valence-corrected chi connectivity index (χ3v) is 16.2. The molecule has 0 aromatic rings. The number of hydrogen-bond acceptors (Lipinski definition) is 13. The molecule has 2 saturated heterocycles. The number of rotatable bonds is 10. The van der Waals surface area contributed by atoms with Crippen LogP contribution in [0, 0.1) is 45.3 Å². The number of aliphatic hydroxyl groups excluding tert-OH is 9. The van der Waals surface area contributed by atoms with Crippen LogP contribution in [-0.2, 0) is 18.9 Å². The van der Waals surface area contributed by atoms with Crippen LogP contribution in [0.1, 0.15) is 107 Å². The average Bonchev–Trinajstić information content (AvgIpc) is 3.61. The topological polar surface area (TPSA) is 219 Å². The summed E-state index contributed by atoms with van der Waals surface area (Å²) in [4.78, 5) is 0. The summed E-state index contributed by atoms with van der Waals surface area (Å²) in [5, 5.41) is 98.8. The van der Waals surface area contributed by atoms with Crippen molar-refractivity contribution in [3.63, 3.8) is 0 Å². The second-order valence-electron chi connectivity index (χ2n) is 19.8. The monoisotopic (exact) mass is 770 g/mol. The lowest BCUT2D eigenvalue weighted by atomic mass is 9.34. The number of hydrogen-bond donors (Lipinski definition) is 9. The normalized spacial score (nSPS) is 52.5. The quantitative estimate of drug-likeness (QED) is 0.145. The first-order valence-corrected chi connectivity index (χ1v) is 20.4. The van der Waals surface area contributed by atoms with E-state index in [1.165, 1.54) is 0 Å². The minimum Gasteiger partial charge on any atom is -0.394 e. The van der Waals surface area contributed by atoms with Gasteiger partial charge in [-0.2, -0.15) is 0 Å². The standard InChI is InChI=1S/C41H70O13/c1-20(2)10-9-13-41(8,54-36-33(50)31(48)30(47)25(53-36)19-51-35-32(49)29(46)24(18-42)52-35)21-11-15-39(6)28(21)22(43)16-26-38(5)14-12-27(45)37(3,4)34(38)23(44)17-40(26,39)7/h10,21-36,42-50H,9,11-19H2,1-8H3/t21-,22+,23-,24+,25+,26+,27-,28-,29+,30+,31-,32-,33+,34-,35-,36-,38+,39+,40+,41-/m0/s1. The number of allylic oxidation sites excluding steroid dienone is 2. The van der Waals surface area contributed by atoms with Crippen molar-refractivity contribution in [3.05, 3.63) is 11.6 Å². The van der Waals surface area contributed by atoms with E-state index < -0.39 is 91.2 Å². The SMILES string of the molecule is CC(C)=CCC[C@](C)(O[C@@H]1O[C@H](CO[C@H]2O[C@H](CO)[C@@H](O)[C@@H]2O)[C@@H](O)[C@H](O)[C@H]1O)[C@H]1CC[C@]2(C)[C@@H]1[C@H](O)C[C@@H]1[C@@]3(C)CC[C@H](O)C(C)(C)[C@@H]3[C@@H](O)C[C@]12C. The zero-order valence-corrected chi connectivity index (χ0v) is 33.5. The molecule has 6 rings (SSSR count). The first kappa shape index (κ1) is 42.8. The molecule has 0 spiro atoms. The van der Waals surface area contributed by atoms with Crippen LogP contribution in [-0.4, -0.2) is 138 Å². The predicted octanol–water partition coefficient (Wildman–Crippen LogP) is 1.76. The van der Waals surface area contributed by atoms with Crippen molar-refractivity contribution in [2.75, 3.05) is 13.2 Å². The van der Waals surface area contributed by atoms with Crippen LogP contribution in [0.2, 0.25) is 0 Å². The fourth-order valence-electron chi connectivity index (χ4n) is 13.2. The number of aliphatic hydroxyl groups is 9. The number of fused-ring (bicyclic) bond motifs is 5. The smallest absolute Gasteiger partial charge is 0.187 e. The minimum atomic E-state index is -1.66. The van der Waals surface area contributed by atoms with Gasteiger partial charge in [-0.3, -0.25) is 0 Å². The molecule has 2 aliphatic heterocycles. The molecule has 13 heteroatoms. The Labute approximate surface area is 320 Å². The Morgan fingerprint density at radius 3 is 2.04 bits per heavy atom. The van der Waals surface area contributed by atoms with Crippen LogP contribution >= 0.6 is 0 Å². The van der Waals surface area contributed by atoms with Gasteiger partial charge in [0.15, 0.2) is 12.6 Å². The molecule has 0 bridgehead atoms. The van der Waals surface area contributed by atoms with Crippen molar-refractivity contribution in [1.82, 2.24) is 0 Å². The van der Waals surface area contributed by atoms with E-state index in [0.717, 1.165) is 24.8 Å². The number of ether oxygens (including phenoxy) is 4. The molecule has 0 aromatic carbocycles. The Morgan fingerprint density at radius 2 is 1.41 bits per heavy atom. The van der Waals surface area contributed by atoms with Crippen molar-refractivity contribution < 1.29 is 64.9 Å². The summed E-state index contributed by atoms with van der Waals surface area (Å²) in [5.74, 6) is -0.397. The molecule has 4 saturated carbocycles. The van der Waals surface area contributed by atoms with Crippen LogP contribution < -0.4 is 0 Å². The second-order valence-corrected chi connectivity index (χ2v) is 19.8. The first-order chi connectivity index (χ1) is 25.1. The molecule has 20 atom stereocenters. The van der Waals surface area contributed by atoms with Crippen molar-refractivity contribution in [3.8, 4) is 0 Å². The minimum absolute atomic E-state index is 0.109. The van der Waals surface area contributed by atoms with Gasteiger partial charge < -0.3 is 64.9 Å². The average molecular weight is 771 g/mol. The molecule has 0 radical (unpaired) electrons. The van der Waals surface area contributed by atoms with Crippen molar-refractivity contribution in [2.45, 2.75) is 186 Å². The molecular formula is C41H70O13. The van der Waals surface area contributed by atoms with Gasteiger partial charge in [0.25, 0.3) is 0 Å². The lowest BCUT2D eigenvalue weighted by molar-refractivity contribution is -0.341. The van der Waals surface area contributed by atoms with E-state index in [1.54, 1.807) is 0 Å². The van der Waals surface area contributed by atoms with Gasteiger partial charge in [-0.05, 0) is 117 Å². The highest BCUT2D eigenvalue weighted by atomic mass is 16.7. The van der Waals surface area contributed by atoms with Crippen LogP contribution in [0.4, 0.5) is 0 Å². The van der Waals surface area contributed by atoms with E-state index in [-0.39, 0.29) is 46.5 Å². The molecule has 0 unspecified atom stereocenters. The zero-order valence-electron chi connectivity index (χ0n) is 33.5. The van der Waals surface area contributed by atoms with E-state index >= 15 is 0 Å². The van der Waals surface area contributed by atoms with Gasteiger partial charge in [-0.15, -0.1) is 0 Å². The maximum absolute atomic E-state index is 12.4. The lowest BCUT2D eigenvalue weighted by Gasteiger charge is -2.71. The molecule has 0 aromatic heterocycles. The lowest BCUT2D eigenvalue weighted by Crippen LogP contribution is -2.70. The summed E-state index contributed by atoms with van der Waals surface area (Å²) >= 11 is 0. The van der Waals surface area contributed by atoms with Crippen LogP contribution in [0.25, 0.3) is 0 Å². The Kier molecular flexibility index (Phi) is 12.0. The van der Waals surface area contributed by atoms with E-state index in [2.05, 4.69) is 40.7 Å². The first-order valence-electron chi connectivity index (χ1n) is 20.4. The molecule has 9 N–H and O–H groups in total. The second kappa shape index (κ2) is 15.1. The molecule has 6 aliphatic rings. The molecule has 4 aliphatic carbocycles. The predicted molar refractivity (Wildman–Crippen MR) is 196 cm³/mol. The largest absolute Gasteiger partial charge is 0.394 e. The van der Waals surface area contributed by atoms with Crippen LogP contribution in [0.5, 0.6) is 0 Å². The molecule has 2 heterocycles. The Balaban J connectivity index is 1.28. The zero-order chi connectivity index (χ0) is 39.9. The highest BCUT2D eigenvalue weighted by Crippen LogP contribution is 2.76. The highest BCUT2D eigenvalue weighted by Gasteiger charge is 2.73. The van der Waals surface area contributed by atoms with Gasteiger partial charge >= 0.3 is 0 Å². The summed E-state index contributed by atoms with van der Waals surface area (Å²) in [5.41, 5.74) is -1.30. The van der Waals surface area contributed by atoms with Gasteiger partial charge in [0, 0.05) is 0 Å². The molecule has 312 valence electrons. The van der Waals surface area contributed by atoms with Gasteiger partial charge in [0.05, 0.1) is 37.1 Å². The third-order valence-electron chi connectivity index (χ3n) is 16.2. The molecule has 0 amide bonds. The summed E-state index contributed by atoms with van der Waals surface area (Å²) < 4.78 is 24.1. The van der Waals surface area contributed by atoms with Crippen molar-refractivity contribution in [1.29, 1.82) is 0 Å². The Hall–Kier alpha value is -0.780. The maximum atomic E-state index is 12.4. The maximum Gasteiger partial charge on any atom is 0.187 e. The van der Waals surface area contributed by atoms with E-state index in [0.29, 0.717) is 32.1 Å². The summed E-state index contributed by atoms with van der Waals surface area (Å²) in [6.07, 6.45) is -7.06. The summed E-state index contributed by atoms with van der Waals surface area (Å²) in [6.45, 7) is 16.1. The van der Waals surface area contributed by atoms with E-state index in [9.17, 15) is 46.0 Å². The summed E-state index contributed by atoms with van der Waals surface area (Å²) in [7, 11) is 0. The fourth-order valence-corrected chi connectivity index (χ4v) is 13.2. The van der Waals surface area contributed by atoms with Crippen molar-refractivity contribution in [2.24, 2.45) is 45.3 Å². The Morgan fingerprint density at radius 1 is 0.778 bits per heavy atom. The van der Waals surface area contributed by atoms with Crippen LogP contribution in [0.3, 0.4) is 0 Å². The van der Waals surface area contributed by atoms with Gasteiger partial charge in [-0.25, -0.2) is 0 Å². The Bertz CT molecular complexity index is 1360. The third kappa shape index (κ3) is 6.76. The molecule has 6 fully saturated rings. The highest BCUT2D eigenvalue weighted by molar-refractivity contribution is 5.22. The van der Waals surface area contributed by atoms with E-state index in [4.69, 9.17) is 18.9 Å². The summed E-state index contributed by atoms with van der Waals surface area (Å²) in [6, 6.07) is 0. The van der Waals surface area contributed by atoms with Gasteiger partial charge in [0.1, 0.15) is 42.7 Å². The molecular weight excluding hydrogens is 700 g/mol. The van der Waals surface area contributed by atoms with E-state index in [1.807, 2.05) is 20.8 Å². The fraction of sp³-hybridized carbons (Fsp3) is 0.951. The molecule has 54 heavy (non-hydrogen) atoms.